The van der Waals surface area contributed by atoms with E-state index in [1.165, 1.54) is 11.5 Å². The van der Waals surface area contributed by atoms with Crippen LogP contribution in [-0.2, 0) is 6.42 Å². The van der Waals surface area contributed by atoms with Gasteiger partial charge in [-0.05, 0) is 57.6 Å². The van der Waals surface area contributed by atoms with Crippen molar-refractivity contribution in [3.8, 4) is 11.3 Å². The molecule has 9 heteroatoms. The van der Waals surface area contributed by atoms with Gasteiger partial charge in [-0.1, -0.05) is 16.6 Å². The molecule has 8 nitrogen and oxygen atoms in total. The van der Waals surface area contributed by atoms with Crippen molar-refractivity contribution >= 4 is 17.4 Å². The molecule has 3 aromatic rings. The minimum atomic E-state index is -0.0831. The number of rotatable bonds is 4. The molecule has 1 atom stereocenters. The van der Waals surface area contributed by atoms with E-state index in [0.717, 1.165) is 46.9 Å². The predicted molar refractivity (Wildman–Crippen MR) is 104 cm³/mol. The van der Waals surface area contributed by atoms with Crippen LogP contribution in [0.4, 0.5) is 0 Å². The SMILES string of the molecule is CCc1nnsc1C(=O)N1CCC[C@@H]1c1cc(-c2c(C)noc2C)nc(C)n1. The molecule has 0 radical (unpaired) electrons. The van der Waals surface area contributed by atoms with Crippen molar-refractivity contribution in [1.29, 1.82) is 0 Å². The average molecular weight is 398 g/mol. The van der Waals surface area contributed by atoms with Gasteiger partial charge in [-0.3, -0.25) is 4.79 Å². The summed E-state index contributed by atoms with van der Waals surface area (Å²) in [6, 6.07) is 1.88. The number of aromatic nitrogens is 5. The fourth-order valence-electron chi connectivity index (χ4n) is 3.79. The molecule has 0 spiro atoms. The Bertz CT molecular complexity index is 1010. The highest BCUT2D eigenvalue weighted by Gasteiger charge is 2.34. The standard InChI is InChI=1S/C19H22N6O2S/c1-5-13-18(28-24-22-13)19(26)25-8-6-7-16(25)14-9-15(21-12(4)20-14)17-10(2)23-27-11(17)3/h9,16H,5-8H2,1-4H3/t16-/m1/s1. The maximum absolute atomic E-state index is 13.2. The van der Waals surface area contributed by atoms with E-state index >= 15 is 0 Å². The van der Waals surface area contributed by atoms with E-state index in [1.54, 1.807) is 0 Å². The van der Waals surface area contributed by atoms with Crippen LogP contribution in [0.3, 0.4) is 0 Å². The smallest absolute Gasteiger partial charge is 0.268 e. The van der Waals surface area contributed by atoms with Crippen LogP contribution in [0.25, 0.3) is 11.3 Å². The third kappa shape index (κ3) is 3.19. The first-order valence-electron chi connectivity index (χ1n) is 9.40. The highest BCUT2D eigenvalue weighted by molar-refractivity contribution is 7.08. The van der Waals surface area contributed by atoms with E-state index in [1.807, 2.05) is 38.7 Å². The summed E-state index contributed by atoms with van der Waals surface area (Å²) in [6.45, 7) is 8.33. The van der Waals surface area contributed by atoms with Gasteiger partial charge in [0.1, 0.15) is 16.5 Å². The molecule has 1 aliphatic rings. The molecule has 1 aliphatic heterocycles. The average Bonchev–Trinajstić information content (AvgIpc) is 3.40. The maximum atomic E-state index is 13.2. The Morgan fingerprint density at radius 2 is 2.14 bits per heavy atom. The summed E-state index contributed by atoms with van der Waals surface area (Å²) in [5.41, 5.74) is 4.08. The minimum Gasteiger partial charge on any atom is -0.361 e. The van der Waals surface area contributed by atoms with Gasteiger partial charge in [0.05, 0.1) is 34.4 Å². The second kappa shape index (κ2) is 7.38. The van der Waals surface area contributed by atoms with Gasteiger partial charge in [0.2, 0.25) is 0 Å². The van der Waals surface area contributed by atoms with Gasteiger partial charge in [0.15, 0.2) is 0 Å². The lowest BCUT2D eigenvalue weighted by Crippen LogP contribution is -2.31. The first kappa shape index (κ1) is 18.7. The van der Waals surface area contributed by atoms with E-state index < -0.39 is 0 Å². The van der Waals surface area contributed by atoms with Gasteiger partial charge >= 0.3 is 0 Å². The summed E-state index contributed by atoms with van der Waals surface area (Å²) in [4.78, 5) is 24.9. The first-order valence-corrected chi connectivity index (χ1v) is 10.2. The van der Waals surface area contributed by atoms with Crippen molar-refractivity contribution in [3.05, 3.63) is 39.6 Å². The predicted octanol–water partition coefficient (Wildman–Crippen LogP) is 3.45. The third-order valence-corrected chi connectivity index (χ3v) is 5.84. The van der Waals surface area contributed by atoms with Crippen LogP contribution in [0.2, 0.25) is 0 Å². The third-order valence-electron chi connectivity index (χ3n) is 5.09. The fraction of sp³-hybridized carbons (Fsp3) is 0.474. The molecule has 1 amide bonds. The summed E-state index contributed by atoms with van der Waals surface area (Å²) in [5, 5.41) is 8.12. The molecule has 4 heterocycles. The van der Waals surface area contributed by atoms with Gasteiger partial charge in [-0.25, -0.2) is 9.97 Å². The normalized spacial score (nSPS) is 16.7. The number of hydrogen-bond donors (Lipinski definition) is 0. The van der Waals surface area contributed by atoms with Gasteiger partial charge in [0, 0.05) is 6.54 Å². The molecule has 1 saturated heterocycles. The second-order valence-electron chi connectivity index (χ2n) is 6.98. The number of nitrogens with zero attached hydrogens (tertiary/aromatic N) is 6. The summed E-state index contributed by atoms with van der Waals surface area (Å²) >= 11 is 1.17. The molecule has 0 aromatic carbocycles. The maximum Gasteiger partial charge on any atom is 0.268 e. The van der Waals surface area contributed by atoms with Crippen LogP contribution in [0.15, 0.2) is 10.6 Å². The Morgan fingerprint density at radius 3 is 2.86 bits per heavy atom. The Balaban J connectivity index is 1.71. The molecule has 28 heavy (non-hydrogen) atoms. The van der Waals surface area contributed by atoms with E-state index in [-0.39, 0.29) is 11.9 Å². The molecule has 0 saturated carbocycles. The van der Waals surface area contributed by atoms with E-state index in [9.17, 15) is 4.79 Å². The van der Waals surface area contributed by atoms with Crippen molar-refractivity contribution in [2.75, 3.05) is 6.54 Å². The fourth-order valence-corrected chi connectivity index (χ4v) is 4.50. The van der Waals surface area contributed by atoms with Crippen LogP contribution in [-0.4, -0.2) is 42.1 Å². The lowest BCUT2D eigenvalue weighted by atomic mass is 10.1. The minimum absolute atomic E-state index is 0.00972. The Hall–Kier alpha value is -2.68. The van der Waals surface area contributed by atoms with Gasteiger partial charge < -0.3 is 9.42 Å². The lowest BCUT2D eigenvalue weighted by molar-refractivity contribution is 0.0736. The quantitative estimate of drug-likeness (QED) is 0.664. The Labute approximate surface area is 167 Å². The molecule has 146 valence electrons. The molecule has 0 unspecified atom stereocenters. The molecule has 3 aromatic heterocycles. The summed E-state index contributed by atoms with van der Waals surface area (Å²) < 4.78 is 9.27. The number of carbonyl (C=O) groups excluding carboxylic acids is 1. The van der Waals surface area contributed by atoms with Crippen molar-refractivity contribution in [2.24, 2.45) is 0 Å². The van der Waals surface area contributed by atoms with Crippen LogP contribution in [0.5, 0.6) is 0 Å². The van der Waals surface area contributed by atoms with E-state index in [2.05, 4.69) is 24.7 Å². The van der Waals surface area contributed by atoms with Crippen molar-refractivity contribution in [2.45, 2.75) is 53.0 Å². The monoisotopic (exact) mass is 398 g/mol. The number of carbonyl (C=O) groups is 1. The summed E-state index contributed by atoms with van der Waals surface area (Å²) in [5.74, 6) is 1.38. The molecule has 1 fully saturated rings. The van der Waals surface area contributed by atoms with Gasteiger partial charge in [0.25, 0.3) is 5.91 Å². The summed E-state index contributed by atoms with van der Waals surface area (Å²) in [7, 11) is 0. The summed E-state index contributed by atoms with van der Waals surface area (Å²) in [6.07, 6.45) is 2.50. The number of hydrogen-bond acceptors (Lipinski definition) is 8. The molecule has 0 aliphatic carbocycles. The number of aryl methyl sites for hydroxylation is 4. The highest BCUT2D eigenvalue weighted by Crippen LogP contribution is 2.35. The van der Waals surface area contributed by atoms with Gasteiger partial charge in [-0.15, -0.1) is 5.10 Å². The molecular formula is C19H22N6O2S. The first-order chi connectivity index (χ1) is 13.5. The number of likely N-dealkylation sites (tertiary alicyclic amines) is 1. The van der Waals surface area contributed by atoms with Gasteiger partial charge in [-0.2, -0.15) is 0 Å². The van der Waals surface area contributed by atoms with Crippen LogP contribution in [0, 0.1) is 20.8 Å². The van der Waals surface area contributed by atoms with Crippen molar-refractivity contribution in [1.82, 2.24) is 29.6 Å². The molecular weight excluding hydrogens is 376 g/mol. The van der Waals surface area contributed by atoms with Crippen LogP contribution < -0.4 is 0 Å². The Kier molecular flexibility index (Phi) is 4.92. The zero-order valence-corrected chi connectivity index (χ0v) is 17.2. The van der Waals surface area contributed by atoms with Crippen molar-refractivity contribution < 1.29 is 9.32 Å². The second-order valence-corrected chi connectivity index (χ2v) is 7.74. The number of amides is 1. The topological polar surface area (TPSA) is 97.9 Å². The van der Waals surface area contributed by atoms with Crippen LogP contribution in [0.1, 0.15) is 64.1 Å². The lowest BCUT2D eigenvalue weighted by Gasteiger charge is -2.24. The van der Waals surface area contributed by atoms with E-state index in [4.69, 9.17) is 4.52 Å². The largest absolute Gasteiger partial charge is 0.361 e. The molecule has 4 rings (SSSR count). The Morgan fingerprint density at radius 1 is 1.32 bits per heavy atom. The van der Waals surface area contributed by atoms with E-state index in [0.29, 0.717) is 23.7 Å². The van der Waals surface area contributed by atoms with Crippen LogP contribution >= 0.6 is 11.5 Å². The molecule has 0 N–H and O–H groups in total. The zero-order valence-electron chi connectivity index (χ0n) is 16.4. The zero-order chi connectivity index (χ0) is 19.8. The molecule has 0 bridgehead atoms. The highest BCUT2D eigenvalue weighted by atomic mass is 32.1. The van der Waals surface area contributed by atoms with Crippen molar-refractivity contribution in [3.63, 3.8) is 0 Å².